The molecule has 0 fully saturated rings. The van der Waals surface area contributed by atoms with Crippen LogP contribution in [0.25, 0.3) is 11.5 Å². The summed E-state index contributed by atoms with van der Waals surface area (Å²) in [7, 11) is -3.36. The summed E-state index contributed by atoms with van der Waals surface area (Å²) in [5, 5.41) is 3.83. The molecule has 0 radical (unpaired) electrons. The van der Waals surface area contributed by atoms with Crippen molar-refractivity contribution < 1.29 is 12.9 Å². The van der Waals surface area contributed by atoms with Gasteiger partial charge in [0.2, 0.25) is 0 Å². The Morgan fingerprint density at radius 1 is 1.04 bits per heavy atom. The SMILES string of the molecule is Cc1ccc(S(=O)(=O)CCc2noc(-c3ccncc3)n2)cc1. The molecule has 3 rings (SSSR count). The van der Waals surface area contributed by atoms with Gasteiger partial charge >= 0.3 is 0 Å². The molecule has 0 atom stereocenters. The van der Waals surface area contributed by atoms with Crippen molar-refractivity contribution in [2.45, 2.75) is 18.2 Å². The fraction of sp³-hybridized carbons (Fsp3) is 0.188. The van der Waals surface area contributed by atoms with Crippen molar-refractivity contribution in [3.8, 4) is 11.5 Å². The molecule has 0 aliphatic carbocycles. The Kier molecular flexibility index (Phi) is 4.20. The van der Waals surface area contributed by atoms with Gasteiger partial charge in [-0.1, -0.05) is 22.9 Å². The van der Waals surface area contributed by atoms with E-state index in [0.717, 1.165) is 11.1 Å². The molecule has 1 aromatic carbocycles. The average Bonchev–Trinajstić information content (AvgIpc) is 3.03. The highest BCUT2D eigenvalue weighted by Gasteiger charge is 2.17. The average molecular weight is 329 g/mol. The van der Waals surface area contributed by atoms with Crippen LogP contribution in [0.3, 0.4) is 0 Å². The van der Waals surface area contributed by atoms with E-state index < -0.39 is 9.84 Å². The summed E-state index contributed by atoms with van der Waals surface area (Å²) >= 11 is 0. The Morgan fingerprint density at radius 3 is 2.43 bits per heavy atom. The molecule has 0 amide bonds. The highest BCUT2D eigenvalue weighted by Crippen LogP contribution is 2.17. The molecule has 0 aliphatic rings. The smallest absolute Gasteiger partial charge is 0.258 e. The minimum absolute atomic E-state index is 0.0641. The number of aryl methyl sites for hydroxylation is 2. The lowest BCUT2D eigenvalue weighted by molar-refractivity contribution is 0.423. The number of benzene rings is 1. The van der Waals surface area contributed by atoms with Crippen molar-refractivity contribution in [2.75, 3.05) is 5.75 Å². The van der Waals surface area contributed by atoms with Crippen LogP contribution < -0.4 is 0 Å². The van der Waals surface area contributed by atoms with Crippen LogP contribution in [-0.2, 0) is 16.3 Å². The maximum absolute atomic E-state index is 12.3. The molecule has 0 bridgehead atoms. The molecule has 0 N–H and O–H groups in total. The third-order valence-corrected chi connectivity index (χ3v) is 5.10. The van der Waals surface area contributed by atoms with Gasteiger partial charge in [0.1, 0.15) is 0 Å². The Balaban J connectivity index is 1.71. The Morgan fingerprint density at radius 2 is 1.74 bits per heavy atom. The van der Waals surface area contributed by atoms with Gasteiger partial charge in [-0.25, -0.2) is 8.42 Å². The zero-order valence-corrected chi connectivity index (χ0v) is 13.3. The molecule has 118 valence electrons. The van der Waals surface area contributed by atoms with E-state index in [1.54, 1.807) is 48.8 Å². The normalized spacial score (nSPS) is 11.5. The lowest BCUT2D eigenvalue weighted by Crippen LogP contribution is -2.10. The van der Waals surface area contributed by atoms with Crippen molar-refractivity contribution >= 4 is 9.84 Å². The molecule has 2 heterocycles. The minimum Gasteiger partial charge on any atom is -0.334 e. The van der Waals surface area contributed by atoms with Gasteiger partial charge in [0, 0.05) is 24.4 Å². The molecule has 0 saturated carbocycles. The number of hydrogen-bond donors (Lipinski definition) is 0. The highest BCUT2D eigenvalue weighted by atomic mass is 32.2. The van der Waals surface area contributed by atoms with E-state index in [2.05, 4.69) is 15.1 Å². The van der Waals surface area contributed by atoms with Gasteiger partial charge in [0.15, 0.2) is 15.7 Å². The second-order valence-corrected chi connectivity index (χ2v) is 7.24. The van der Waals surface area contributed by atoms with Gasteiger partial charge in [0.25, 0.3) is 5.89 Å². The molecule has 0 spiro atoms. The molecule has 0 aliphatic heterocycles. The van der Waals surface area contributed by atoms with Crippen molar-refractivity contribution in [3.63, 3.8) is 0 Å². The summed E-state index contributed by atoms with van der Waals surface area (Å²) in [6.45, 7) is 1.91. The van der Waals surface area contributed by atoms with Gasteiger partial charge < -0.3 is 4.52 Å². The lowest BCUT2D eigenvalue weighted by atomic mass is 10.2. The van der Waals surface area contributed by atoms with E-state index in [1.165, 1.54) is 0 Å². The van der Waals surface area contributed by atoms with E-state index in [4.69, 9.17) is 4.52 Å². The minimum atomic E-state index is -3.36. The predicted molar refractivity (Wildman–Crippen MR) is 84.5 cm³/mol. The van der Waals surface area contributed by atoms with Crippen LogP contribution >= 0.6 is 0 Å². The third kappa shape index (κ3) is 3.62. The quantitative estimate of drug-likeness (QED) is 0.714. The van der Waals surface area contributed by atoms with Crippen LogP contribution in [0.5, 0.6) is 0 Å². The van der Waals surface area contributed by atoms with Crippen LogP contribution in [0.2, 0.25) is 0 Å². The monoisotopic (exact) mass is 329 g/mol. The summed E-state index contributed by atoms with van der Waals surface area (Å²) in [5.41, 5.74) is 1.77. The first-order valence-corrected chi connectivity index (χ1v) is 8.72. The van der Waals surface area contributed by atoms with Crippen LogP contribution in [0.1, 0.15) is 11.4 Å². The first kappa shape index (κ1) is 15.4. The summed E-state index contributed by atoms with van der Waals surface area (Å²) in [4.78, 5) is 8.44. The molecule has 6 nitrogen and oxygen atoms in total. The third-order valence-electron chi connectivity index (χ3n) is 3.37. The fourth-order valence-electron chi connectivity index (χ4n) is 2.06. The lowest BCUT2D eigenvalue weighted by Gasteiger charge is -2.03. The van der Waals surface area contributed by atoms with E-state index in [0.29, 0.717) is 16.6 Å². The molecule has 0 saturated heterocycles. The van der Waals surface area contributed by atoms with E-state index in [1.807, 2.05) is 6.92 Å². The summed E-state index contributed by atoms with van der Waals surface area (Å²) < 4.78 is 29.8. The van der Waals surface area contributed by atoms with Crippen molar-refractivity contribution in [2.24, 2.45) is 0 Å². The number of pyridine rings is 1. The summed E-state index contributed by atoms with van der Waals surface area (Å²) in [6, 6.07) is 10.3. The van der Waals surface area contributed by atoms with Crippen molar-refractivity contribution in [1.82, 2.24) is 15.1 Å². The number of nitrogens with zero attached hydrogens (tertiary/aromatic N) is 3. The summed E-state index contributed by atoms with van der Waals surface area (Å²) in [5.74, 6) is 0.661. The molecular formula is C16H15N3O3S. The van der Waals surface area contributed by atoms with Gasteiger partial charge in [-0.3, -0.25) is 4.98 Å². The van der Waals surface area contributed by atoms with E-state index in [-0.39, 0.29) is 12.2 Å². The molecule has 2 aromatic heterocycles. The highest BCUT2D eigenvalue weighted by molar-refractivity contribution is 7.91. The van der Waals surface area contributed by atoms with Crippen LogP contribution in [0.4, 0.5) is 0 Å². The number of hydrogen-bond acceptors (Lipinski definition) is 6. The maximum atomic E-state index is 12.3. The standard InChI is InChI=1S/C16H15N3O3S/c1-12-2-4-14(5-3-12)23(20,21)11-8-15-18-16(22-19-15)13-6-9-17-10-7-13/h2-7,9-10H,8,11H2,1H3. The Labute approximate surface area is 134 Å². The Bertz CT molecular complexity index is 888. The van der Waals surface area contributed by atoms with Gasteiger partial charge in [-0.15, -0.1) is 0 Å². The first-order valence-electron chi connectivity index (χ1n) is 7.07. The second-order valence-electron chi connectivity index (χ2n) is 5.13. The van der Waals surface area contributed by atoms with E-state index in [9.17, 15) is 8.42 Å². The number of sulfone groups is 1. The Hall–Kier alpha value is -2.54. The maximum Gasteiger partial charge on any atom is 0.258 e. The second kappa shape index (κ2) is 6.29. The predicted octanol–water partition coefficient (Wildman–Crippen LogP) is 2.46. The first-order chi connectivity index (χ1) is 11.0. The zero-order valence-electron chi connectivity index (χ0n) is 12.5. The number of rotatable bonds is 5. The van der Waals surface area contributed by atoms with Crippen molar-refractivity contribution in [3.05, 3.63) is 60.2 Å². The molecule has 23 heavy (non-hydrogen) atoms. The molecule has 3 aromatic rings. The molecular weight excluding hydrogens is 314 g/mol. The summed E-state index contributed by atoms with van der Waals surface area (Å²) in [6.07, 6.45) is 3.45. The van der Waals surface area contributed by atoms with Crippen LogP contribution in [0, 0.1) is 6.92 Å². The topological polar surface area (TPSA) is 86.0 Å². The van der Waals surface area contributed by atoms with Crippen molar-refractivity contribution in [1.29, 1.82) is 0 Å². The van der Waals surface area contributed by atoms with Crippen LogP contribution in [0.15, 0.2) is 58.2 Å². The zero-order chi connectivity index (χ0) is 16.3. The van der Waals surface area contributed by atoms with Gasteiger partial charge in [-0.05, 0) is 31.2 Å². The van der Waals surface area contributed by atoms with Crippen LogP contribution in [-0.4, -0.2) is 29.3 Å². The molecule has 7 heteroatoms. The van der Waals surface area contributed by atoms with Gasteiger partial charge in [0.05, 0.1) is 10.6 Å². The van der Waals surface area contributed by atoms with E-state index >= 15 is 0 Å². The largest absolute Gasteiger partial charge is 0.334 e. The fourth-order valence-corrected chi connectivity index (χ4v) is 3.29. The van der Waals surface area contributed by atoms with Gasteiger partial charge in [-0.2, -0.15) is 4.98 Å². The molecule has 0 unspecified atom stereocenters. The number of aromatic nitrogens is 3.